The van der Waals surface area contributed by atoms with Gasteiger partial charge in [-0.3, -0.25) is 19.1 Å². The van der Waals surface area contributed by atoms with Crippen LogP contribution in [0.1, 0.15) is 36.5 Å². The Morgan fingerprint density at radius 2 is 1.82 bits per heavy atom. The quantitative estimate of drug-likeness (QED) is 0.740. The van der Waals surface area contributed by atoms with Crippen LogP contribution in [0.2, 0.25) is 5.02 Å². The second-order valence-electron chi connectivity index (χ2n) is 7.76. The zero-order chi connectivity index (χ0) is 20.4. The molecule has 1 amide bonds. The van der Waals surface area contributed by atoms with E-state index in [1.807, 2.05) is 35.0 Å². The van der Waals surface area contributed by atoms with Crippen LogP contribution in [-0.2, 0) is 24.4 Å². The van der Waals surface area contributed by atoms with Gasteiger partial charge in [-0.25, -0.2) is 0 Å². The molecule has 1 fully saturated rings. The molecule has 0 unspecified atom stereocenters. The minimum atomic E-state index is -0.120. The number of piperazine rings is 1. The molecule has 1 saturated heterocycles. The number of hydrogen-bond acceptors (Lipinski definition) is 4. The van der Waals surface area contributed by atoms with Crippen LogP contribution in [0.5, 0.6) is 0 Å². The molecule has 3 rings (SSSR count). The summed E-state index contributed by atoms with van der Waals surface area (Å²) in [6, 6.07) is 0. The highest BCUT2D eigenvalue weighted by Crippen LogP contribution is 2.20. The van der Waals surface area contributed by atoms with E-state index in [2.05, 4.69) is 35.1 Å². The Hall–Kier alpha value is -1.86. The van der Waals surface area contributed by atoms with E-state index in [1.54, 1.807) is 0 Å². The molecule has 0 radical (unpaired) electrons. The summed E-state index contributed by atoms with van der Waals surface area (Å²) in [5, 5.41) is 9.66. The summed E-state index contributed by atoms with van der Waals surface area (Å²) < 4.78 is 3.84. The minimum Gasteiger partial charge on any atom is -0.340 e. The van der Waals surface area contributed by atoms with Crippen LogP contribution in [0.3, 0.4) is 0 Å². The van der Waals surface area contributed by atoms with Crippen LogP contribution >= 0.6 is 11.6 Å². The van der Waals surface area contributed by atoms with E-state index in [-0.39, 0.29) is 11.8 Å². The molecule has 7 nitrogen and oxygen atoms in total. The first-order valence-corrected chi connectivity index (χ1v) is 10.4. The Morgan fingerprint density at radius 3 is 2.36 bits per heavy atom. The SMILES string of the molecule is CCn1cc(CN2CCN(C(=O)[C@@H](C)Cn3nc(C)c(Cl)c3C)CC2)c(C)n1. The van der Waals surface area contributed by atoms with Gasteiger partial charge in [0, 0.05) is 51.0 Å². The number of carbonyl (C=O) groups excluding carboxylic acids is 1. The topological polar surface area (TPSA) is 59.2 Å². The van der Waals surface area contributed by atoms with Crippen molar-refractivity contribution in [2.45, 2.75) is 54.3 Å². The summed E-state index contributed by atoms with van der Waals surface area (Å²) in [5.41, 5.74) is 4.11. The Labute approximate surface area is 172 Å². The van der Waals surface area contributed by atoms with Gasteiger partial charge < -0.3 is 4.90 Å². The largest absolute Gasteiger partial charge is 0.340 e. The zero-order valence-corrected chi connectivity index (χ0v) is 18.3. The lowest BCUT2D eigenvalue weighted by Crippen LogP contribution is -2.50. The molecule has 1 atom stereocenters. The predicted molar refractivity (Wildman–Crippen MR) is 110 cm³/mol. The van der Waals surface area contributed by atoms with Gasteiger partial charge in [-0.2, -0.15) is 10.2 Å². The summed E-state index contributed by atoms with van der Waals surface area (Å²) in [4.78, 5) is 17.3. The third-order valence-corrected chi connectivity index (χ3v) is 6.16. The second kappa shape index (κ2) is 8.66. The Balaban J connectivity index is 1.52. The van der Waals surface area contributed by atoms with E-state index in [1.165, 1.54) is 5.56 Å². The van der Waals surface area contributed by atoms with Crippen molar-refractivity contribution in [3.8, 4) is 0 Å². The number of rotatable bonds is 6. The fourth-order valence-electron chi connectivity index (χ4n) is 3.75. The highest BCUT2D eigenvalue weighted by Gasteiger charge is 2.26. The molecule has 1 aliphatic heterocycles. The highest BCUT2D eigenvalue weighted by atomic mass is 35.5. The van der Waals surface area contributed by atoms with Crippen molar-refractivity contribution in [1.29, 1.82) is 0 Å². The predicted octanol–water partition coefficient (Wildman–Crippen LogP) is 2.66. The van der Waals surface area contributed by atoms with Crippen molar-refractivity contribution < 1.29 is 4.79 Å². The van der Waals surface area contributed by atoms with Gasteiger partial charge in [-0.15, -0.1) is 0 Å². The smallest absolute Gasteiger partial charge is 0.227 e. The molecule has 0 saturated carbocycles. The molecule has 0 aromatic carbocycles. The molecular formula is C20H31ClN6O. The molecular weight excluding hydrogens is 376 g/mol. The minimum absolute atomic E-state index is 0.120. The van der Waals surface area contributed by atoms with Gasteiger partial charge in [0.1, 0.15) is 0 Å². The van der Waals surface area contributed by atoms with Crippen LogP contribution in [0, 0.1) is 26.7 Å². The maximum Gasteiger partial charge on any atom is 0.227 e. The third-order valence-electron chi connectivity index (χ3n) is 5.61. The maximum absolute atomic E-state index is 12.9. The lowest BCUT2D eigenvalue weighted by molar-refractivity contribution is -0.137. The zero-order valence-electron chi connectivity index (χ0n) is 17.6. The molecule has 2 aromatic rings. The summed E-state index contributed by atoms with van der Waals surface area (Å²) in [6.07, 6.45) is 2.13. The first-order chi connectivity index (χ1) is 13.3. The summed E-state index contributed by atoms with van der Waals surface area (Å²) >= 11 is 6.22. The second-order valence-corrected chi connectivity index (χ2v) is 8.14. The van der Waals surface area contributed by atoms with Crippen LogP contribution in [-0.4, -0.2) is 61.4 Å². The van der Waals surface area contributed by atoms with E-state index in [0.29, 0.717) is 11.6 Å². The van der Waals surface area contributed by atoms with Gasteiger partial charge in [0.05, 0.1) is 34.6 Å². The van der Waals surface area contributed by atoms with Gasteiger partial charge in [0.2, 0.25) is 5.91 Å². The molecule has 0 aliphatic carbocycles. The molecule has 8 heteroatoms. The van der Waals surface area contributed by atoms with Crippen LogP contribution < -0.4 is 0 Å². The molecule has 28 heavy (non-hydrogen) atoms. The van der Waals surface area contributed by atoms with Crippen molar-refractivity contribution >= 4 is 17.5 Å². The number of carbonyl (C=O) groups is 1. The molecule has 3 heterocycles. The van der Waals surface area contributed by atoms with E-state index in [4.69, 9.17) is 11.6 Å². The van der Waals surface area contributed by atoms with Crippen LogP contribution in [0.4, 0.5) is 0 Å². The summed E-state index contributed by atoms with van der Waals surface area (Å²) in [6.45, 7) is 15.6. The van der Waals surface area contributed by atoms with E-state index in [9.17, 15) is 4.79 Å². The van der Waals surface area contributed by atoms with Crippen molar-refractivity contribution in [2.75, 3.05) is 26.2 Å². The van der Waals surface area contributed by atoms with Gasteiger partial charge in [0.25, 0.3) is 0 Å². The van der Waals surface area contributed by atoms with E-state index in [0.717, 1.165) is 56.4 Å². The average molecular weight is 407 g/mol. The lowest BCUT2D eigenvalue weighted by Gasteiger charge is -2.36. The number of hydrogen-bond donors (Lipinski definition) is 0. The lowest BCUT2D eigenvalue weighted by atomic mass is 10.1. The van der Waals surface area contributed by atoms with Crippen molar-refractivity contribution in [2.24, 2.45) is 5.92 Å². The maximum atomic E-state index is 12.9. The van der Waals surface area contributed by atoms with Gasteiger partial charge in [0.15, 0.2) is 0 Å². The first-order valence-electron chi connectivity index (χ1n) is 10.0. The number of aryl methyl sites for hydroxylation is 3. The standard InChI is InChI=1S/C20H31ClN6O/c1-6-26-13-18(15(3)22-26)12-24-7-9-25(10-8-24)20(28)14(2)11-27-17(5)19(21)16(4)23-27/h13-14H,6-12H2,1-5H3/t14-/m0/s1. The van der Waals surface area contributed by atoms with Crippen molar-refractivity contribution in [1.82, 2.24) is 29.4 Å². The average Bonchev–Trinajstić information content (AvgIpc) is 3.16. The molecule has 2 aromatic heterocycles. The third kappa shape index (κ3) is 4.41. The van der Waals surface area contributed by atoms with Gasteiger partial charge in [-0.1, -0.05) is 18.5 Å². The normalized spacial score (nSPS) is 16.6. The van der Waals surface area contributed by atoms with Crippen molar-refractivity contribution in [3.63, 3.8) is 0 Å². The Kier molecular flexibility index (Phi) is 6.45. The fourth-order valence-corrected chi connectivity index (χ4v) is 3.88. The fraction of sp³-hybridized carbons (Fsp3) is 0.650. The Morgan fingerprint density at radius 1 is 1.14 bits per heavy atom. The Bertz CT molecular complexity index is 834. The first kappa shape index (κ1) is 20.9. The molecule has 0 N–H and O–H groups in total. The number of aromatic nitrogens is 4. The molecule has 0 spiro atoms. The van der Waals surface area contributed by atoms with E-state index >= 15 is 0 Å². The number of amides is 1. The van der Waals surface area contributed by atoms with E-state index < -0.39 is 0 Å². The number of nitrogens with zero attached hydrogens (tertiary/aromatic N) is 6. The molecule has 154 valence electrons. The summed E-state index contributed by atoms with van der Waals surface area (Å²) in [7, 11) is 0. The molecule has 1 aliphatic rings. The highest BCUT2D eigenvalue weighted by molar-refractivity contribution is 6.31. The van der Waals surface area contributed by atoms with Crippen LogP contribution in [0.15, 0.2) is 6.20 Å². The monoisotopic (exact) mass is 406 g/mol. The van der Waals surface area contributed by atoms with Crippen LogP contribution in [0.25, 0.3) is 0 Å². The summed E-state index contributed by atoms with van der Waals surface area (Å²) in [5.74, 6) is 0.0731. The van der Waals surface area contributed by atoms with Gasteiger partial charge in [-0.05, 0) is 27.7 Å². The van der Waals surface area contributed by atoms with Crippen molar-refractivity contribution in [3.05, 3.63) is 33.9 Å². The number of halogens is 1. The molecule has 0 bridgehead atoms. The van der Waals surface area contributed by atoms with Gasteiger partial charge >= 0.3 is 0 Å².